The average Bonchev–Trinajstić information content (AvgIpc) is 3.78. The number of halogens is 4. The summed E-state index contributed by atoms with van der Waals surface area (Å²) in [5.74, 6) is 1.57. The molecule has 9 aromatic rings. The van der Waals surface area contributed by atoms with Crippen molar-refractivity contribution in [2.75, 3.05) is 0 Å². The fraction of sp³-hybridized carbons (Fsp3) is 0.0625. The van der Waals surface area contributed by atoms with Crippen LogP contribution in [-0.2, 0) is 0 Å². The summed E-state index contributed by atoms with van der Waals surface area (Å²) in [7, 11) is 0. The Kier molecular flexibility index (Phi) is 5.65. The molecule has 0 aliphatic rings. The molecule has 0 radical (unpaired) electrons. The van der Waals surface area contributed by atoms with Crippen LogP contribution in [-0.4, -0.2) is 0 Å². The fourth-order valence-corrected chi connectivity index (χ4v) is 11.0. The smallest absolute Gasteiger partial charge is 0.161 e. The Bertz CT molecular complexity index is 2420. The first kappa shape index (κ1) is 26.1. The van der Waals surface area contributed by atoms with Crippen LogP contribution in [0.4, 0.5) is 0 Å². The van der Waals surface area contributed by atoms with Crippen LogP contribution in [0.25, 0.3) is 85.7 Å². The van der Waals surface area contributed by atoms with Gasteiger partial charge in [0.2, 0.25) is 0 Å². The quantitative estimate of drug-likeness (QED) is 0.174. The number of hydrogen-bond donors (Lipinski definition) is 0. The van der Waals surface area contributed by atoms with E-state index in [0.29, 0.717) is 0 Å². The molecule has 9 rings (SSSR count). The number of aryl methyl sites for hydroxylation is 2. The molecule has 0 saturated carbocycles. The number of benzene rings is 3. The summed E-state index contributed by atoms with van der Waals surface area (Å²) in [6.07, 6.45) is 0. The van der Waals surface area contributed by atoms with Gasteiger partial charge in [0.15, 0.2) is 22.7 Å². The van der Waals surface area contributed by atoms with Crippen LogP contribution < -0.4 is 0 Å². The Labute approximate surface area is 278 Å². The van der Waals surface area contributed by atoms with Gasteiger partial charge in [0.05, 0.1) is 37.0 Å². The summed E-state index contributed by atoms with van der Waals surface area (Å²) in [5, 5.41) is 4.10. The highest BCUT2D eigenvalue weighted by Gasteiger charge is 2.27. The van der Waals surface area contributed by atoms with Gasteiger partial charge in [-0.05, 0) is 125 Å². The summed E-state index contributed by atoms with van der Waals surface area (Å²) < 4.78 is 31.3. The van der Waals surface area contributed by atoms with Crippen molar-refractivity contribution in [2.45, 2.75) is 13.8 Å². The number of hydrogen-bond acceptors (Lipinski definition) is 6. The van der Waals surface area contributed by atoms with E-state index in [0.717, 1.165) is 115 Å². The van der Waals surface area contributed by atoms with Gasteiger partial charge >= 0.3 is 0 Å². The molecule has 0 spiro atoms. The second-order valence-corrected chi connectivity index (χ2v) is 15.6. The van der Waals surface area contributed by atoms with Crippen molar-refractivity contribution in [3.8, 4) is 21.3 Å². The zero-order valence-corrected chi connectivity index (χ0v) is 29.6. The lowest BCUT2D eigenvalue weighted by molar-refractivity contribution is 0.629. The molecule has 42 heavy (non-hydrogen) atoms. The molecule has 0 aliphatic carbocycles. The lowest BCUT2D eigenvalue weighted by Crippen LogP contribution is -1.71. The van der Waals surface area contributed by atoms with Crippen LogP contribution in [0.5, 0.6) is 0 Å². The predicted molar refractivity (Wildman–Crippen MR) is 187 cm³/mol. The summed E-state index contributed by atoms with van der Waals surface area (Å²) in [5.41, 5.74) is 7.23. The van der Waals surface area contributed by atoms with E-state index in [1.165, 1.54) is 0 Å². The Balaban J connectivity index is 1.22. The molecular weight excluding hydrogens is 832 g/mol. The molecular formula is C32H14Br4O4S2. The molecule has 0 atom stereocenters. The highest BCUT2D eigenvalue weighted by atomic mass is 79.9. The third kappa shape index (κ3) is 3.53. The minimum atomic E-state index is 0.787. The van der Waals surface area contributed by atoms with Gasteiger partial charge in [0.1, 0.15) is 22.3 Å². The van der Waals surface area contributed by atoms with Crippen molar-refractivity contribution in [1.29, 1.82) is 0 Å². The predicted octanol–water partition coefficient (Wildman–Crippen LogP) is 14.1. The van der Waals surface area contributed by atoms with Gasteiger partial charge in [0.25, 0.3) is 0 Å². The molecule has 0 bridgehead atoms. The third-order valence-corrected chi connectivity index (χ3v) is 13.6. The van der Waals surface area contributed by atoms with Gasteiger partial charge in [-0.25, -0.2) is 0 Å². The van der Waals surface area contributed by atoms with E-state index >= 15 is 0 Å². The lowest BCUT2D eigenvalue weighted by atomic mass is 10.2. The second-order valence-electron chi connectivity index (χ2n) is 10.3. The zero-order valence-electron chi connectivity index (χ0n) is 21.6. The molecule has 0 unspecified atom stereocenters. The first-order chi connectivity index (χ1) is 20.3. The number of furan rings is 4. The van der Waals surface area contributed by atoms with Crippen LogP contribution in [0.1, 0.15) is 11.1 Å². The highest BCUT2D eigenvalue weighted by molar-refractivity contribution is 9.11. The Morgan fingerprint density at radius 2 is 0.881 bits per heavy atom. The summed E-state index contributed by atoms with van der Waals surface area (Å²) in [4.78, 5) is 1.96. The zero-order chi connectivity index (χ0) is 28.6. The van der Waals surface area contributed by atoms with Crippen LogP contribution in [0.3, 0.4) is 0 Å². The topological polar surface area (TPSA) is 52.6 Å². The molecule has 206 valence electrons. The van der Waals surface area contributed by atoms with Crippen molar-refractivity contribution in [3.63, 3.8) is 0 Å². The van der Waals surface area contributed by atoms with Crippen molar-refractivity contribution >= 4 is 151 Å². The molecule has 0 fully saturated rings. The van der Waals surface area contributed by atoms with E-state index in [4.69, 9.17) is 17.7 Å². The maximum Gasteiger partial charge on any atom is 0.161 e. The highest BCUT2D eigenvalue weighted by Crippen LogP contribution is 2.53. The van der Waals surface area contributed by atoms with E-state index < -0.39 is 0 Å². The minimum absolute atomic E-state index is 0.787. The molecule has 6 heterocycles. The third-order valence-electron chi connectivity index (χ3n) is 7.60. The first-order valence-electron chi connectivity index (χ1n) is 12.8. The van der Waals surface area contributed by atoms with Crippen molar-refractivity contribution in [1.82, 2.24) is 0 Å². The molecule has 4 nitrogen and oxygen atoms in total. The molecule has 0 amide bonds. The summed E-state index contributed by atoms with van der Waals surface area (Å²) in [6.45, 7) is 4.13. The molecule has 3 aromatic carbocycles. The van der Waals surface area contributed by atoms with E-state index in [9.17, 15) is 0 Å². The van der Waals surface area contributed by atoms with Crippen LogP contribution >= 0.6 is 86.4 Å². The Hall–Kier alpha value is -2.34. The molecule has 0 aliphatic heterocycles. The maximum absolute atomic E-state index is 6.47. The van der Waals surface area contributed by atoms with E-state index in [2.05, 4.69) is 126 Å². The summed E-state index contributed by atoms with van der Waals surface area (Å²) >= 11 is 18.5. The van der Waals surface area contributed by atoms with Crippen molar-refractivity contribution in [3.05, 3.63) is 77.5 Å². The SMILES string of the molecule is Cc1ccc2c(Br)c(-c3sc4c(oc5cc6c(cc54)oc4c(Br)c(-c5oc7cc(C)ccc7c5Br)sc46)c3Br)oc2c1. The van der Waals surface area contributed by atoms with E-state index in [1.807, 2.05) is 0 Å². The minimum Gasteiger partial charge on any atom is -0.454 e. The van der Waals surface area contributed by atoms with Gasteiger partial charge in [-0.15, -0.1) is 22.7 Å². The number of fused-ring (bicyclic) bond motifs is 8. The standard InChI is InChI=1S/C32H14Br4O4S2/c1-11-3-5-13-17(7-11)37-25(21(13)33)31-23(35)27-29(41-31)15-9-20-16(10-19(15)39-27)30-28(40-20)24(36)32(42-30)26-22(34)14-6-4-12(2)8-18(14)38-26/h3-10H,1-2H3. The number of thiophene rings is 2. The van der Waals surface area contributed by atoms with Crippen LogP contribution in [0.15, 0.2) is 84.1 Å². The lowest BCUT2D eigenvalue weighted by Gasteiger charge is -1.96. The van der Waals surface area contributed by atoms with Gasteiger partial charge in [-0.2, -0.15) is 0 Å². The van der Waals surface area contributed by atoms with Gasteiger partial charge < -0.3 is 17.7 Å². The molecule has 6 aromatic heterocycles. The van der Waals surface area contributed by atoms with Crippen LogP contribution in [0, 0.1) is 13.8 Å². The summed E-state index contributed by atoms with van der Waals surface area (Å²) in [6, 6.07) is 16.6. The van der Waals surface area contributed by atoms with E-state index in [1.54, 1.807) is 22.7 Å². The van der Waals surface area contributed by atoms with Crippen molar-refractivity contribution in [2.24, 2.45) is 0 Å². The fourth-order valence-electron chi connectivity index (χ4n) is 5.56. The normalized spacial score (nSPS) is 12.5. The molecule has 10 heteroatoms. The average molecular weight is 846 g/mol. The van der Waals surface area contributed by atoms with Gasteiger partial charge in [-0.3, -0.25) is 0 Å². The number of rotatable bonds is 2. The molecule has 0 saturated heterocycles. The van der Waals surface area contributed by atoms with Gasteiger partial charge in [0, 0.05) is 21.5 Å². The molecule has 0 N–H and O–H groups in total. The second kappa shape index (κ2) is 9.09. The van der Waals surface area contributed by atoms with Crippen molar-refractivity contribution < 1.29 is 17.7 Å². The van der Waals surface area contributed by atoms with Crippen LogP contribution in [0.2, 0.25) is 0 Å². The monoisotopic (exact) mass is 842 g/mol. The Morgan fingerprint density at radius 3 is 1.31 bits per heavy atom. The van der Waals surface area contributed by atoms with E-state index in [-0.39, 0.29) is 0 Å². The first-order valence-corrected chi connectivity index (χ1v) is 17.6. The maximum atomic E-state index is 6.47. The Morgan fingerprint density at radius 1 is 0.476 bits per heavy atom. The van der Waals surface area contributed by atoms with Gasteiger partial charge in [-0.1, -0.05) is 12.1 Å². The largest absolute Gasteiger partial charge is 0.454 e.